The molecule has 4 aromatic rings. The number of halogens is 1. The molecule has 0 aliphatic carbocycles. The first kappa shape index (κ1) is 41.0. The summed E-state index contributed by atoms with van der Waals surface area (Å²) in [6, 6.07) is 23.0. The van der Waals surface area contributed by atoms with E-state index in [1.54, 1.807) is 79.2 Å². The van der Waals surface area contributed by atoms with Crippen LogP contribution in [-0.2, 0) is 20.0 Å². The van der Waals surface area contributed by atoms with Crippen molar-refractivity contribution in [1.29, 1.82) is 0 Å². The van der Waals surface area contributed by atoms with Crippen LogP contribution in [0.25, 0.3) is 0 Å². The molecule has 0 amide bonds. The number of rotatable bonds is 8. The van der Waals surface area contributed by atoms with Crippen molar-refractivity contribution in [3.05, 3.63) is 107 Å². The molecule has 52 heavy (non-hydrogen) atoms. The van der Waals surface area contributed by atoms with Gasteiger partial charge in [0.15, 0.2) is 34.0 Å². The number of sulfonamides is 2. The highest BCUT2D eigenvalue weighted by Crippen LogP contribution is 2.29. The van der Waals surface area contributed by atoms with E-state index < -0.39 is 20.0 Å². The molecule has 2 aliphatic rings. The van der Waals surface area contributed by atoms with Crippen molar-refractivity contribution in [1.82, 2.24) is 10.4 Å². The van der Waals surface area contributed by atoms with Crippen molar-refractivity contribution in [3.8, 4) is 23.0 Å². The van der Waals surface area contributed by atoms with Gasteiger partial charge in [-0.25, -0.2) is 5.01 Å². The van der Waals surface area contributed by atoms with Crippen molar-refractivity contribution in [3.63, 3.8) is 0 Å². The Balaban J connectivity index is 0.000000229. The molecule has 0 fully saturated rings. The van der Waals surface area contributed by atoms with Crippen LogP contribution in [-0.4, -0.2) is 82.8 Å². The molecule has 276 valence electrons. The van der Waals surface area contributed by atoms with Crippen LogP contribution >= 0.6 is 11.6 Å². The quantitative estimate of drug-likeness (QED) is 0.151. The van der Waals surface area contributed by atoms with Crippen LogP contribution in [0.1, 0.15) is 43.5 Å². The van der Waals surface area contributed by atoms with Crippen LogP contribution in [0, 0.1) is 0 Å². The summed E-state index contributed by atoms with van der Waals surface area (Å²) < 4.78 is 63.9. The van der Waals surface area contributed by atoms with E-state index in [1.807, 2.05) is 13.8 Å². The molecular formula is C35H39ClN6O8S2. The standard InChI is InChI=1S/C17H17N3O4S.C10H14N2O2.C7H4ClNO2S.CH4/c1-3-20(18-11-12-8-9-14(21)15(10-12)24-2)17-13-6-4-5-7-16(13)25(22,23)19-17;1-3-11-12-7-8-4-5-9(13)10(6-8)14-2;8-7-5-3-1-2-4-6(5)12(10,11)9-7;/h4-11,21H,3H2,1-2H3;4-7,11,13H,3H2,1-2H3;1-4H;1H4/b18-11+;12-7+;;. The number of ether oxygens (including phenoxy) is 2. The van der Waals surface area contributed by atoms with Gasteiger partial charge >= 0.3 is 0 Å². The Bertz CT molecular complexity index is 2230. The molecule has 0 spiro atoms. The van der Waals surface area contributed by atoms with Crippen molar-refractivity contribution >= 4 is 55.1 Å². The number of hydrogen-bond donors (Lipinski definition) is 3. The Morgan fingerprint density at radius 1 is 0.769 bits per heavy atom. The number of phenolic OH excluding ortho intramolecular Hbond substituents is 2. The molecule has 2 aliphatic heterocycles. The summed E-state index contributed by atoms with van der Waals surface area (Å²) in [5.74, 6) is 1.24. The Kier molecular flexibility index (Phi) is 14.3. The predicted octanol–water partition coefficient (Wildman–Crippen LogP) is 5.56. The Morgan fingerprint density at radius 2 is 1.27 bits per heavy atom. The molecule has 0 radical (unpaired) electrons. The first-order valence-corrected chi connectivity index (χ1v) is 18.5. The largest absolute Gasteiger partial charge is 0.504 e. The van der Waals surface area contributed by atoms with E-state index in [4.69, 9.17) is 21.1 Å². The Morgan fingerprint density at radius 3 is 1.79 bits per heavy atom. The minimum atomic E-state index is -3.69. The number of nitrogens with zero attached hydrogens (tertiary/aromatic N) is 5. The third-order valence-electron chi connectivity index (χ3n) is 6.96. The van der Waals surface area contributed by atoms with Crippen molar-refractivity contribution in [2.45, 2.75) is 31.1 Å². The smallest absolute Gasteiger partial charge is 0.285 e. The number of fused-ring (bicyclic) bond motifs is 2. The number of aromatic hydroxyl groups is 2. The van der Waals surface area contributed by atoms with Crippen molar-refractivity contribution in [2.24, 2.45) is 19.0 Å². The Hall–Kier alpha value is -5.45. The normalized spacial score (nSPS) is 14.3. The summed E-state index contributed by atoms with van der Waals surface area (Å²) in [5, 5.41) is 28.8. The number of methoxy groups -OCH3 is 2. The topological polar surface area (TPSA) is 192 Å². The van der Waals surface area contributed by atoms with Crippen LogP contribution in [0.5, 0.6) is 23.0 Å². The molecule has 0 atom stereocenters. The average molecular weight is 771 g/mol. The molecular weight excluding hydrogens is 732 g/mol. The minimum absolute atomic E-state index is 0. The summed E-state index contributed by atoms with van der Waals surface area (Å²) in [6.45, 7) is 5.04. The number of amidine groups is 1. The highest BCUT2D eigenvalue weighted by atomic mass is 35.5. The van der Waals surface area contributed by atoms with E-state index in [1.165, 1.54) is 37.4 Å². The van der Waals surface area contributed by atoms with E-state index in [0.717, 1.165) is 12.1 Å². The Labute approximate surface area is 308 Å². The van der Waals surface area contributed by atoms with E-state index in [0.29, 0.717) is 40.6 Å². The fourth-order valence-corrected chi connectivity index (χ4v) is 7.32. The van der Waals surface area contributed by atoms with E-state index >= 15 is 0 Å². The van der Waals surface area contributed by atoms with Gasteiger partial charge in [-0.1, -0.05) is 49.4 Å². The monoisotopic (exact) mass is 770 g/mol. The van der Waals surface area contributed by atoms with Gasteiger partial charge in [0.1, 0.15) is 4.90 Å². The third-order valence-corrected chi connectivity index (χ3v) is 10.0. The molecule has 0 bridgehead atoms. The molecule has 0 aromatic heterocycles. The number of hydrazone groups is 2. The van der Waals surface area contributed by atoms with Gasteiger partial charge < -0.3 is 25.1 Å². The number of benzene rings is 4. The van der Waals surface area contributed by atoms with Gasteiger partial charge in [0.2, 0.25) is 0 Å². The second-order valence-corrected chi connectivity index (χ2v) is 13.8. The van der Waals surface area contributed by atoms with Crippen molar-refractivity contribution in [2.75, 3.05) is 27.3 Å². The van der Waals surface area contributed by atoms with Gasteiger partial charge in [-0.2, -0.15) is 27.0 Å². The summed E-state index contributed by atoms with van der Waals surface area (Å²) in [7, 11) is -4.21. The van der Waals surface area contributed by atoms with Gasteiger partial charge in [-0.3, -0.25) is 0 Å². The maximum absolute atomic E-state index is 12.2. The maximum Gasteiger partial charge on any atom is 0.285 e. The van der Waals surface area contributed by atoms with Gasteiger partial charge in [-0.05, 0) is 79.6 Å². The number of nitrogens with one attached hydrogen (secondary N) is 1. The molecule has 0 saturated carbocycles. The molecule has 4 aromatic carbocycles. The summed E-state index contributed by atoms with van der Waals surface area (Å²) in [4.78, 5) is 0.375. The molecule has 3 N–H and O–H groups in total. The van der Waals surface area contributed by atoms with Crippen LogP contribution in [0.3, 0.4) is 0 Å². The van der Waals surface area contributed by atoms with Gasteiger partial charge in [0, 0.05) is 24.2 Å². The SMILES string of the molecule is C.CCN(/N=C/c1ccc(O)c(OC)c1)C1=NS(=O)(=O)c2ccccc21.CCN/N=C/c1ccc(O)c(OC)c1.O=S1(=O)N=C(Cl)c2ccccc21. The van der Waals surface area contributed by atoms with E-state index in [9.17, 15) is 27.0 Å². The minimum Gasteiger partial charge on any atom is -0.504 e. The molecule has 2 heterocycles. The first-order chi connectivity index (χ1) is 24.3. The number of hydrogen-bond acceptors (Lipinski definition) is 12. The first-order valence-electron chi connectivity index (χ1n) is 15.2. The lowest BCUT2D eigenvalue weighted by Crippen LogP contribution is -2.25. The predicted molar refractivity (Wildman–Crippen MR) is 203 cm³/mol. The zero-order chi connectivity index (χ0) is 37.2. The maximum atomic E-state index is 12.2. The third kappa shape index (κ3) is 9.86. The lowest BCUT2D eigenvalue weighted by atomic mass is 10.2. The van der Waals surface area contributed by atoms with Crippen LogP contribution in [0.2, 0.25) is 0 Å². The molecule has 17 heteroatoms. The zero-order valence-electron chi connectivity index (χ0n) is 27.9. The average Bonchev–Trinajstić information content (AvgIpc) is 3.54. The van der Waals surface area contributed by atoms with Gasteiger partial charge in [0.25, 0.3) is 20.0 Å². The summed E-state index contributed by atoms with van der Waals surface area (Å²) in [6.07, 6.45) is 3.23. The second-order valence-electron chi connectivity index (χ2n) is 10.3. The number of phenols is 2. The van der Waals surface area contributed by atoms with Crippen molar-refractivity contribution < 1.29 is 36.5 Å². The van der Waals surface area contributed by atoms with Crippen LogP contribution in [0.15, 0.2) is 114 Å². The summed E-state index contributed by atoms with van der Waals surface area (Å²) in [5.41, 5.74) is 5.41. The summed E-state index contributed by atoms with van der Waals surface area (Å²) >= 11 is 5.60. The fourth-order valence-electron chi connectivity index (χ4n) is 4.52. The van der Waals surface area contributed by atoms with E-state index in [2.05, 4.69) is 24.4 Å². The molecule has 0 unspecified atom stereocenters. The highest BCUT2D eigenvalue weighted by molar-refractivity contribution is 7.91. The van der Waals surface area contributed by atoms with Crippen LogP contribution < -0.4 is 14.9 Å². The second kappa shape index (κ2) is 18.2. The lowest BCUT2D eigenvalue weighted by Gasteiger charge is -2.16. The molecule has 6 rings (SSSR count). The fraction of sp³-hybridized carbons (Fsp3) is 0.200. The lowest BCUT2D eigenvalue weighted by molar-refractivity contribution is 0.373. The van der Waals surface area contributed by atoms with E-state index in [-0.39, 0.29) is 33.9 Å². The highest BCUT2D eigenvalue weighted by Gasteiger charge is 2.31. The molecule has 14 nitrogen and oxygen atoms in total. The zero-order valence-corrected chi connectivity index (χ0v) is 30.3. The molecule has 0 saturated heterocycles. The van der Waals surface area contributed by atoms with Crippen LogP contribution in [0.4, 0.5) is 0 Å². The van der Waals surface area contributed by atoms with Gasteiger partial charge in [-0.15, -0.1) is 8.80 Å². The van der Waals surface area contributed by atoms with Gasteiger partial charge in [0.05, 0.1) is 31.5 Å².